The lowest BCUT2D eigenvalue weighted by atomic mass is 10.1. The number of aromatic nitrogens is 3. The number of phenols is 1. The van der Waals surface area contributed by atoms with Crippen molar-refractivity contribution >= 4 is 11.2 Å². The molecular formula is C14H13N3O. The Balaban J connectivity index is 2.28. The van der Waals surface area contributed by atoms with Crippen LogP contribution in [-0.2, 0) is 7.05 Å². The summed E-state index contributed by atoms with van der Waals surface area (Å²) in [6.07, 6.45) is 1.76. The fourth-order valence-corrected chi connectivity index (χ4v) is 2.16. The molecule has 0 amide bonds. The van der Waals surface area contributed by atoms with Crippen LogP contribution in [0.25, 0.3) is 22.6 Å². The standard InChI is InChI=1S/C14H13N3O/c1-9-8-10(18)5-6-11(9)13-16-12-4-3-7-15-14(12)17(13)2/h3-8,18H,1-2H3. The molecule has 4 nitrogen and oxygen atoms in total. The number of rotatable bonds is 1. The van der Waals surface area contributed by atoms with Crippen molar-refractivity contribution in [2.24, 2.45) is 7.05 Å². The van der Waals surface area contributed by atoms with E-state index in [-0.39, 0.29) is 5.75 Å². The Morgan fingerprint density at radius 2 is 2.06 bits per heavy atom. The predicted molar refractivity (Wildman–Crippen MR) is 70.3 cm³/mol. The van der Waals surface area contributed by atoms with Gasteiger partial charge in [-0.1, -0.05) is 0 Å². The SMILES string of the molecule is Cc1cc(O)ccc1-c1nc2cccnc2n1C. The maximum Gasteiger partial charge on any atom is 0.159 e. The smallest absolute Gasteiger partial charge is 0.159 e. The van der Waals surface area contributed by atoms with Gasteiger partial charge in [0.25, 0.3) is 0 Å². The van der Waals surface area contributed by atoms with E-state index < -0.39 is 0 Å². The third kappa shape index (κ3) is 1.54. The molecule has 0 spiro atoms. The molecule has 4 heteroatoms. The number of imidazole rings is 1. The van der Waals surface area contributed by atoms with Crippen LogP contribution in [-0.4, -0.2) is 19.6 Å². The van der Waals surface area contributed by atoms with Crippen LogP contribution in [0, 0.1) is 6.92 Å². The first kappa shape index (κ1) is 10.8. The fraction of sp³-hybridized carbons (Fsp3) is 0.143. The largest absolute Gasteiger partial charge is 0.508 e. The van der Waals surface area contributed by atoms with Crippen LogP contribution in [0.4, 0.5) is 0 Å². The second-order valence-electron chi connectivity index (χ2n) is 4.34. The van der Waals surface area contributed by atoms with E-state index in [1.165, 1.54) is 0 Å². The lowest BCUT2D eigenvalue weighted by Crippen LogP contribution is -1.95. The zero-order valence-electron chi connectivity index (χ0n) is 10.3. The number of nitrogens with zero attached hydrogens (tertiary/aromatic N) is 3. The molecule has 0 aliphatic rings. The highest BCUT2D eigenvalue weighted by Crippen LogP contribution is 2.27. The van der Waals surface area contributed by atoms with Gasteiger partial charge in [0, 0.05) is 18.8 Å². The Kier molecular flexibility index (Phi) is 2.30. The number of fused-ring (bicyclic) bond motifs is 1. The van der Waals surface area contributed by atoms with Crippen LogP contribution < -0.4 is 0 Å². The first-order valence-corrected chi connectivity index (χ1v) is 5.74. The summed E-state index contributed by atoms with van der Waals surface area (Å²) >= 11 is 0. The maximum absolute atomic E-state index is 9.45. The zero-order chi connectivity index (χ0) is 12.7. The number of pyridine rings is 1. The van der Waals surface area contributed by atoms with Crippen LogP contribution in [0.2, 0.25) is 0 Å². The lowest BCUT2D eigenvalue weighted by molar-refractivity contribution is 0.475. The minimum Gasteiger partial charge on any atom is -0.508 e. The van der Waals surface area contributed by atoms with Crippen LogP contribution in [0.15, 0.2) is 36.5 Å². The predicted octanol–water partition coefficient (Wildman–Crippen LogP) is 2.65. The summed E-state index contributed by atoms with van der Waals surface area (Å²) in [5.41, 5.74) is 3.74. The van der Waals surface area contributed by atoms with Crippen LogP contribution in [0.5, 0.6) is 5.75 Å². The van der Waals surface area contributed by atoms with E-state index in [0.29, 0.717) is 0 Å². The minimum absolute atomic E-state index is 0.271. The van der Waals surface area contributed by atoms with Gasteiger partial charge in [-0.25, -0.2) is 9.97 Å². The highest BCUT2D eigenvalue weighted by Gasteiger charge is 2.12. The number of phenolic OH excluding ortho intramolecular Hbond substituents is 1. The van der Waals surface area contributed by atoms with Gasteiger partial charge >= 0.3 is 0 Å². The summed E-state index contributed by atoms with van der Waals surface area (Å²) in [5.74, 6) is 1.13. The van der Waals surface area contributed by atoms with E-state index in [1.807, 2.05) is 36.7 Å². The number of hydrogen-bond acceptors (Lipinski definition) is 3. The van der Waals surface area contributed by atoms with E-state index in [4.69, 9.17) is 0 Å². The molecule has 2 heterocycles. The van der Waals surface area contributed by atoms with Crippen molar-refractivity contribution in [2.75, 3.05) is 0 Å². The van der Waals surface area contributed by atoms with Gasteiger partial charge in [0.15, 0.2) is 5.65 Å². The molecule has 0 atom stereocenters. The van der Waals surface area contributed by atoms with Crippen LogP contribution in [0.1, 0.15) is 5.56 Å². The Bertz CT molecular complexity index is 731. The van der Waals surface area contributed by atoms with Crippen molar-refractivity contribution in [1.29, 1.82) is 0 Å². The van der Waals surface area contributed by atoms with Gasteiger partial charge in [-0.15, -0.1) is 0 Å². The Hall–Kier alpha value is -2.36. The van der Waals surface area contributed by atoms with Crippen molar-refractivity contribution in [3.05, 3.63) is 42.1 Å². The van der Waals surface area contributed by atoms with E-state index in [1.54, 1.807) is 18.3 Å². The average Bonchev–Trinajstić information content (AvgIpc) is 2.68. The highest BCUT2D eigenvalue weighted by molar-refractivity contribution is 5.77. The van der Waals surface area contributed by atoms with Crippen molar-refractivity contribution < 1.29 is 5.11 Å². The second kappa shape index (κ2) is 3.84. The number of benzene rings is 1. The molecule has 0 radical (unpaired) electrons. The number of aromatic hydroxyl groups is 1. The summed E-state index contributed by atoms with van der Waals surface area (Å²) in [6, 6.07) is 9.12. The van der Waals surface area contributed by atoms with Gasteiger partial charge in [0.05, 0.1) is 0 Å². The van der Waals surface area contributed by atoms with Crippen LogP contribution >= 0.6 is 0 Å². The molecule has 2 aromatic heterocycles. The molecule has 0 unspecified atom stereocenters. The van der Waals surface area contributed by atoms with Crippen molar-refractivity contribution in [2.45, 2.75) is 6.92 Å². The van der Waals surface area contributed by atoms with Gasteiger partial charge in [-0.3, -0.25) is 0 Å². The third-order valence-corrected chi connectivity index (χ3v) is 3.08. The number of hydrogen-bond donors (Lipinski definition) is 1. The lowest BCUT2D eigenvalue weighted by Gasteiger charge is -2.06. The van der Waals surface area contributed by atoms with E-state index in [2.05, 4.69) is 9.97 Å². The van der Waals surface area contributed by atoms with Crippen molar-refractivity contribution in [3.63, 3.8) is 0 Å². The molecule has 0 fully saturated rings. The third-order valence-electron chi connectivity index (χ3n) is 3.08. The average molecular weight is 239 g/mol. The molecule has 0 aliphatic carbocycles. The first-order valence-electron chi connectivity index (χ1n) is 5.74. The van der Waals surface area contributed by atoms with Crippen molar-refractivity contribution in [3.8, 4) is 17.1 Å². The Labute approximate surface area is 105 Å². The summed E-state index contributed by atoms with van der Waals surface area (Å²) in [7, 11) is 1.95. The Morgan fingerprint density at radius 1 is 1.22 bits per heavy atom. The van der Waals surface area contributed by atoms with E-state index in [9.17, 15) is 5.11 Å². The molecule has 18 heavy (non-hydrogen) atoms. The summed E-state index contributed by atoms with van der Waals surface area (Å²) in [6.45, 7) is 1.96. The summed E-state index contributed by atoms with van der Waals surface area (Å²) < 4.78 is 1.97. The summed E-state index contributed by atoms with van der Waals surface area (Å²) in [5, 5.41) is 9.45. The molecule has 1 aromatic carbocycles. The number of aryl methyl sites for hydroxylation is 2. The molecular weight excluding hydrogens is 226 g/mol. The quantitative estimate of drug-likeness (QED) is 0.710. The molecule has 0 bridgehead atoms. The second-order valence-corrected chi connectivity index (χ2v) is 4.34. The van der Waals surface area contributed by atoms with E-state index in [0.717, 1.165) is 28.1 Å². The molecule has 90 valence electrons. The van der Waals surface area contributed by atoms with Gasteiger partial charge in [0.1, 0.15) is 17.1 Å². The van der Waals surface area contributed by atoms with Gasteiger partial charge in [-0.2, -0.15) is 0 Å². The van der Waals surface area contributed by atoms with Crippen molar-refractivity contribution in [1.82, 2.24) is 14.5 Å². The fourth-order valence-electron chi connectivity index (χ4n) is 2.16. The molecule has 0 aliphatic heterocycles. The summed E-state index contributed by atoms with van der Waals surface area (Å²) in [4.78, 5) is 8.92. The maximum atomic E-state index is 9.45. The van der Waals surface area contributed by atoms with Gasteiger partial charge in [0.2, 0.25) is 0 Å². The molecule has 3 rings (SSSR count). The molecule has 0 saturated heterocycles. The molecule has 1 N–H and O–H groups in total. The monoisotopic (exact) mass is 239 g/mol. The Morgan fingerprint density at radius 3 is 2.78 bits per heavy atom. The first-order chi connectivity index (χ1) is 8.66. The minimum atomic E-state index is 0.271. The highest BCUT2D eigenvalue weighted by atomic mass is 16.3. The molecule has 0 saturated carbocycles. The molecule has 3 aromatic rings. The van der Waals surface area contributed by atoms with Gasteiger partial charge in [-0.05, 0) is 42.8 Å². The van der Waals surface area contributed by atoms with E-state index >= 15 is 0 Å². The van der Waals surface area contributed by atoms with Crippen LogP contribution in [0.3, 0.4) is 0 Å². The topological polar surface area (TPSA) is 50.9 Å². The zero-order valence-corrected chi connectivity index (χ0v) is 10.3. The van der Waals surface area contributed by atoms with Gasteiger partial charge < -0.3 is 9.67 Å². The normalized spacial score (nSPS) is 11.0.